The summed E-state index contributed by atoms with van der Waals surface area (Å²) in [6, 6.07) is 7.53. The van der Waals surface area contributed by atoms with Crippen molar-refractivity contribution in [3.8, 4) is 5.75 Å². The summed E-state index contributed by atoms with van der Waals surface area (Å²) in [5.41, 5.74) is 0.577. The molecule has 0 unspecified atom stereocenters. The number of nitrogens with one attached hydrogen (secondary N) is 2. The molecule has 1 aliphatic rings. The highest BCUT2D eigenvalue weighted by atomic mass is 35.5. The molecule has 6 nitrogen and oxygen atoms in total. The fraction of sp³-hybridized carbons (Fsp3) is 0.0714. The maximum absolute atomic E-state index is 13.1. The maximum atomic E-state index is 13.1. The van der Waals surface area contributed by atoms with E-state index in [0.717, 1.165) is 18.2 Å². The number of carbonyl (C=O) groups is 1. The highest BCUT2D eigenvalue weighted by Crippen LogP contribution is 2.31. The van der Waals surface area contributed by atoms with Gasteiger partial charge in [-0.15, -0.1) is 0 Å². The number of amides is 1. The molecule has 23 heavy (non-hydrogen) atoms. The fourth-order valence-electron chi connectivity index (χ4n) is 2.00. The van der Waals surface area contributed by atoms with Crippen LogP contribution in [0.2, 0.25) is 5.02 Å². The van der Waals surface area contributed by atoms with Crippen LogP contribution in [0.5, 0.6) is 5.75 Å². The normalized spacial score (nSPS) is 13.7. The Labute approximate surface area is 136 Å². The molecule has 0 aliphatic carbocycles. The Morgan fingerprint density at radius 1 is 1.22 bits per heavy atom. The van der Waals surface area contributed by atoms with E-state index in [1.165, 1.54) is 18.2 Å². The monoisotopic (exact) mass is 356 g/mol. The van der Waals surface area contributed by atoms with Crippen molar-refractivity contribution in [1.29, 1.82) is 0 Å². The lowest BCUT2D eigenvalue weighted by atomic mass is 10.2. The average molecular weight is 357 g/mol. The molecular formula is C14H10ClFN2O4S. The second kappa shape index (κ2) is 5.71. The first-order chi connectivity index (χ1) is 10.8. The smallest absolute Gasteiger partial charge is 0.262 e. The standard InChI is InChI=1S/C14H10ClFN2O4S/c15-10-6-9(2-3-11(10)16)23(20,21)18-8-1-4-13-12(5-8)17-14(19)7-22-13/h1-6,18H,7H2,(H,17,19). The lowest BCUT2D eigenvalue weighted by molar-refractivity contribution is -0.118. The Hall–Kier alpha value is -2.32. The Morgan fingerprint density at radius 2 is 2.00 bits per heavy atom. The van der Waals surface area contributed by atoms with Gasteiger partial charge in [0.05, 0.1) is 21.3 Å². The molecule has 0 radical (unpaired) electrons. The average Bonchev–Trinajstić information content (AvgIpc) is 2.49. The molecule has 0 atom stereocenters. The number of benzene rings is 2. The molecular weight excluding hydrogens is 347 g/mol. The third-order valence-electron chi connectivity index (χ3n) is 3.07. The molecule has 2 aromatic rings. The van der Waals surface area contributed by atoms with Gasteiger partial charge in [0.2, 0.25) is 0 Å². The molecule has 1 heterocycles. The van der Waals surface area contributed by atoms with Gasteiger partial charge in [-0.2, -0.15) is 0 Å². The van der Waals surface area contributed by atoms with Crippen LogP contribution in [-0.4, -0.2) is 20.9 Å². The van der Waals surface area contributed by atoms with E-state index in [4.69, 9.17) is 16.3 Å². The number of carbonyl (C=O) groups excluding carboxylic acids is 1. The summed E-state index contributed by atoms with van der Waals surface area (Å²) in [4.78, 5) is 11.1. The molecule has 1 amide bonds. The first-order valence-electron chi connectivity index (χ1n) is 6.40. The third kappa shape index (κ3) is 3.22. The first-order valence-corrected chi connectivity index (χ1v) is 8.26. The van der Waals surface area contributed by atoms with Crippen LogP contribution in [0.1, 0.15) is 0 Å². The van der Waals surface area contributed by atoms with Gasteiger partial charge in [0.15, 0.2) is 6.61 Å². The largest absolute Gasteiger partial charge is 0.482 e. The van der Waals surface area contributed by atoms with E-state index in [-0.39, 0.29) is 28.1 Å². The van der Waals surface area contributed by atoms with Crippen LogP contribution in [-0.2, 0) is 14.8 Å². The van der Waals surface area contributed by atoms with Crippen LogP contribution in [0.25, 0.3) is 0 Å². The highest BCUT2D eigenvalue weighted by Gasteiger charge is 2.19. The molecule has 0 fully saturated rings. The zero-order chi connectivity index (χ0) is 16.6. The van der Waals surface area contributed by atoms with Gasteiger partial charge in [-0.25, -0.2) is 12.8 Å². The zero-order valence-corrected chi connectivity index (χ0v) is 13.0. The van der Waals surface area contributed by atoms with Crippen molar-refractivity contribution in [2.75, 3.05) is 16.6 Å². The molecule has 0 saturated carbocycles. The summed E-state index contributed by atoms with van der Waals surface area (Å²) in [7, 11) is -3.95. The number of fused-ring (bicyclic) bond motifs is 1. The van der Waals surface area contributed by atoms with E-state index in [1.54, 1.807) is 0 Å². The number of anilines is 2. The van der Waals surface area contributed by atoms with E-state index in [9.17, 15) is 17.6 Å². The van der Waals surface area contributed by atoms with Gasteiger partial charge in [-0.05, 0) is 36.4 Å². The third-order valence-corrected chi connectivity index (χ3v) is 4.73. The second-order valence-corrected chi connectivity index (χ2v) is 6.82. The molecule has 0 saturated heterocycles. The van der Waals surface area contributed by atoms with E-state index < -0.39 is 15.8 Å². The van der Waals surface area contributed by atoms with E-state index >= 15 is 0 Å². The van der Waals surface area contributed by atoms with Crippen molar-refractivity contribution < 1.29 is 22.3 Å². The van der Waals surface area contributed by atoms with Crippen molar-refractivity contribution in [1.82, 2.24) is 0 Å². The number of ether oxygens (including phenoxy) is 1. The minimum Gasteiger partial charge on any atom is -0.482 e. The van der Waals surface area contributed by atoms with E-state index in [1.807, 2.05) is 0 Å². The number of sulfonamides is 1. The van der Waals surface area contributed by atoms with Crippen LogP contribution in [0, 0.1) is 5.82 Å². The zero-order valence-electron chi connectivity index (χ0n) is 11.5. The first kappa shape index (κ1) is 15.6. The lowest BCUT2D eigenvalue weighted by Gasteiger charge is -2.18. The Morgan fingerprint density at radius 3 is 2.74 bits per heavy atom. The van der Waals surface area contributed by atoms with Gasteiger partial charge in [0, 0.05) is 0 Å². The molecule has 0 bridgehead atoms. The molecule has 2 aromatic carbocycles. The summed E-state index contributed by atoms with van der Waals surface area (Å²) < 4.78 is 45.2. The maximum Gasteiger partial charge on any atom is 0.262 e. The number of halogens is 2. The topological polar surface area (TPSA) is 84.5 Å². The van der Waals surface area contributed by atoms with Crippen molar-refractivity contribution in [3.05, 3.63) is 47.2 Å². The molecule has 1 aliphatic heterocycles. The van der Waals surface area contributed by atoms with Crippen LogP contribution in [0.15, 0.2) is 41.3 Å². The minimum atomic E-state index is -3.95. The Bertz CT molecular complexity index is 902. The number of hydrogen-bond acceptors (Lipinski definition) is 4. The lowest BCUT2D eigenvalue weighted by Crippen LogP contribution is -2.25. The molecule has 120 valence electrons. The fourth-order valence-corrected chi connectivity index (χ4v) is 3.33. The van der Waals surface area contributed by atoms with Gasteiger partial charge in [0.25, 0.3) is 15.9 Å². The second-order valence-electron chi connectivity index (χ2n) is 4.73. The van der Waals surface area contributed by atoms with Gasteiger partial charge in [-0.1, -0.05) is 11.6 Å². The van der Waals surface area contributed by atoms with Crippen LogP contribution in [0.3, 0.4) is 0 Å². The Kier molecular flexibility index (Phi) is 3.87. The number of hydrogen-bond donors (Lipinski definition) is 2. The Balaban J connectivity index is 1.90. The molecule has 3 rings (SSSR count). The van der Waals surface area contributed by atoms with Crippen LogP contribution >= 0.6 is 11.6 Å². The SMILES string of the molecule is O=C1COc2ccc(NS(=O)(=O)c3ccc(F)c(Cl)c3)cc2N1. The van der Waals surface area contributed by atoms with Gasteiger partial charge in [0.1, 0.15) is 11.6 Å². The van der Waals surface area contributed by atoms with Gasteiger partial charge in [-0.3, -0.25) is 9.52 Å². The molecule has 2 N–H and O–H groups in total. The predicted molar refractivity (Wildman–Crippen MR) is 82.8 cm³/mol. The quantitative estimate of drug-likeness (QED) is 0.885. The summed E-state index contributed by atoms with van der Waals surface area (Å²) in [5.74, 6) is -0.598. The van der Waals surface area contributed by atoms with E-state index in [2.05, 4.69) is 10.0 Å². The highest BCUT2D eigenvalue weighted by molar-refractivity contribution is 7.92. The van der Waals surface area contributed by atoms with Gasteiger partial charge < -0.3 is 10.1 Å². The van der Waals surface area contributed by atoms with Crippen LogP contribution < -0.4 is 14.8 Å². The van der Waals surface area contributed by atoms with Crippen molar-refractivity contribution in [3.63, 3.8) is 0 Å². The summed E-state index contributed by atoms with van der Waals surface area (Å²) >= 11 is 5.60. The minimum absolute atomic E-state index is 0.0911. The van der Waals surface area contributed by atoms with Gasteiger partial charge >= 0.3 is 0 Å². The summed E-state index contributed by atoms with van der Waals surface area (Å²) in [6.07, 6.45) is 0. The summed E-state index contributed by atoms with van der Waals surface area (Å²) in [6.45, 7) is -0.0911. The molecule has 0 aromatic heterocycles. The van der Waals surface area contributed by atoms with E-state index in [0.29, 0.717) is 11.4 Å². The number of rotatable bonds is 3. The van der Waals surface area contributed by atoms with Crippen molar-refractivity contribution in [2.45, 2.75) is 4.90 Å². The molecule has 9 heteroatoms. The van der Waals surface area contributed by atoms with Crippen molar-refractivity contribution >= 4 is 38.9 Å². The summed E-state index contributed by atoms with van der Waals surface area (Å²) in [5, 5.41) is 2.28. The molecule has 0 spiro atoms. The van der Waals surface area contributed by atoms with Crippen LogP contribution in [0.4, 0.5) is 15.8 Å². The van der Waals surface area contributed by atoms with Crippen molar-refractivity contribution in [2.24, 2.45) is 0 Å². The predicted octanol–water partition coefficient (Wildman–Crippen LogP) is 2.61.